The average molecular weight is 254 g/mol. The Kier molecular flexibility index (Phi) is 4.24. The number of aromatic nitrogens is 1. The second kappa shape index (κ2) is 5.69. The van der Waals surface area contributed by atoms with E-state index in [1.807, 2.05) is 19.3 Å². The topological polar surface area (TPSA) is 28.2 Å². The van der Waals surface area contributed by atoms with Crippen molar-refractivity contribution in [2.24, 2.45) is 5.92 Å². The van der Waals surface area contributed by atoms with Crippen molar-refractivity contribution in [3.8, 4) is 0 Å². The molecule has 2 heterocycles. The summed E-state index contributed by atoms with van der Waals surface area (Å²) in [5, 5.41) is 3.87. The molecule has 94 valence electrons. The first-order chi connectivity index (χ1) is 8.20. The van der Waals surface area contributed by atoms with Gasteiger partial charge in [-0.2, -0.15) is 0 Å². The Morgan fingerprint density at radius 3 is 2.76 bits per heavy atom. The van der Waals surface area contributed by atoms with E-state index in [1.54, 1.807) is 0 Å². The maximum absolute atomic E-state index is 6.30. The maximum Gasteiger partial charge on any atom is 0.147 e. The lowest BCUT2D eigenvalue weighted by Crippen LogP contribution is -2.33. The number of anilines is 1. The van der Waals surface area contributed by atoms with Gasteiger partial charge in [-0.3, -0.25) is 0 Å². The largest absolute Gasteiger partial charge is 0.355 e. The zero-order valence-electron chi connectivity index (χ0n) is 10.5. The summed E-state index contributed by atoms with van der Waals surface area (Å²) < 4.78 is 0. The minimum absolute atomic E-state index is 0.771. The molecule has 0 aliphatic carbocycles. The molecule has 0 amide bonds. The fourth-order valence-corrected chi connectivity index (χ4v) is 2.53. The van der Waals surface area contributed by atoms with Gasteiger partial charge in [0.05, 0.1) is 5.02 Å². The van der Waals surface area contributed by atoms with Crippen LogP contribution in [0.25, 0.3) is 0 Å². The number of nitrogens with zero attached hydrogens (tertiary/aromatic N) is 2. The third kappa shape index (κ3) is 3.11. The van der Waals surface area contributed by atoms with Crippen LogP contribution in [-0.4, -0.2) is 25.1 Å². The van der Waals surface area contributed by atoms with Gasteiger partial charge < -0.3 is 10.2 Å². The number of pyridine rings is 1. The van der Waals surface area contributed by atoms with Crippen LogP contribution in [-0.2, 0) is 6.54 Å². The summed E-state index contributed by atoms with van der Waals surface area (Å²) >= 11 is 6.30. The molecule has 0 saturated carbocycles. The number of rotatable bonds is 3. The van der Waals surface area contributed by atoms with E-state index in [0.717, 1.165) is 42.0 Å². The molecule has 4 heteroatoms. The summed E-state index contributed by atoms with van der Waals surface area (Å²) in [6.45, 7) is 5.25. The molecule has 1 aliphatic rings. The first-order valence-corrected chi connectivity index (χ1v) is 6.62. The standard InChI is InChI=1S/C13H20ClN3/c1-10-3-5-17(6-4-10)13-12(14)7-11(8-15-2)9-16-13/h7,9-10,15H,3-6,8H2,1-2H3. The summed E-state index contributed by atoms with van der Waals surface area (Å²) in [6.07, 6.45) is 4.38. The Morgan fingerprint density at radius 2 is 2.18 bits per heavy atom. The van der Waals surface area contributed by atoms with Crippen LogP contribution in [0.5, 0.6) is 0 Å². The maximum atomic E-state index is 6.30. The SMILES string of the molecule is CNCc1cnc(N2CCC(C)CC2)c(Cl)c1. The van der Waals surface area contributed by atoms with Crippen LogP contribution < -0.4 is 10.2 Å². The molecule has 1 aliphatic heterocycles. The number of nitrogens with one attached hydrogen (secondary N) is 1. The molecule has 0 bridgehead atoms. The van der Waals surface area contributed by atoms with Crippen molar-refractivity contribution >= 4 is 17.4 Å². The van der Waals surface area contributed by atoms with Gasteiger partial charge in [0.25, 0.3) is 0 Å². The van der Waals surface area contributed by atoms with Gasteiger partial charge in [-0.15, -0.1) is 0 Å². The van der Waals surface area contributed by atoms with Gasteiger partial charge in [0.1, 0.15) is 5.82 Å². The van der Waals surface area contributed by atoms with Crippen LogP contribution in [0.4, 0.5) is 5.82 Å². The average Bonchev–Trinajstić information content (AvgIpc) is 2.31. The smallest absolute Gasteiger partial charge is 0.147 e. The lowest BCUT2D eigenvalue weighted by atomic mass is 9.99. The molecular weight excluding hydrogens is 234 g/mol. The highest BCUT2D eigenvalue weighted by molar-refractivity contribution is 6.33. The van der Waals surface area contributed by atoms with E-state index in [9.17, 15) is 0 Å². The molecule has 17 heavy (non-hydrogen) atoms. The number of hydrogen-bond donors (Lipinski definition) is 1. The Bertz CT molecular complexity index is 373. The third-order valence-corrected chi connectivity index (χ3v) is 3.62. The van der Waals surface area contributed by atoms with Crippen LogP contribution in [0.2, 0.25) is 5.02 Å². The summed E-state index contributed by atoms with van der Waals surface area (Å²) in [5.74, 6) is 1.77. The van der Waals surface area contributed by atoms with E-state index in [0.29, 0.717) is 0 Å². The van der Waals surface area contributed by atoms with Gasteiger partial charge in [0, 0.05) is 25.8 Å². The first-order valence-electron chi connectivity index (χ1n) is 6.24. The predicted molar refractivity (Wildman–Crippen MR) is 72.6 cm³/mol. The van der Waals surface area contributed by atoms with Gasteiger partial charge in [0.2, 0.25) is 0 Å². The van der Waals surface area contributed by atoms with Crippen molar-refractivity contribution < 1.29 is 0 Å². The Labute approximate surface area is 108 Å². The minimum atomic E-state index is 0.771. The van der Waals surface area contributed by atoms with E-state index in [1.165, 1.54) is 12.8 Å². The highest BCUT2D eigenvalue weighted by Crippen LogP contribution is 2.28. The Morgan fingerprint density at radius 1 is 1.47 bits per heavy atom. The number of halogens is 1. The lowest BCUT2D eigenvalue weighted by Gasteiger charge is -2.31. The first kappa shape index (κ1) is 12.7. The highest BCUT2D eigenvalue weighted by Gasteiger charge is 2.18. The number of piperidine rings is 1. The molecule has 1 saturated heterocycles. The molecule has 1 fully saturated rings. The van der Waals surface area contributed by atoms with Crippen LogP contribution in [0.3, 0.4) is 0 Å². The second-order valence-electron chi connectivity index (χ2n) is 4.85. The van der Waals surface area contributed by atoms with E-state index in [-0.39, 0.29) is 0 Å². The summed E-state index contributed by atoms with van der Waals surface area (Å²) in [5.41, 5.74) is 1.13. The van der Waals surface area contributed by atoms with Gasteiger partial charge in [-0.05, 0) is 37.4 Å². The van der Waals surface area contributed by atoms with E-state index in [2.05, 4.69) is 22.1 Å². The molecule has 3 nitrogen and oxygen atoms in total. The molecule has 0 spiro atoms. The molecule has 0 atom stereocenters. The van der Waals surface area contributed by atoms with Crippen molar-refractivity contribution in [2.75, 3.05) is 25.0 Å². The molecule has 1 aromatic rings. The minimum Gasteiger partial charge on any atom is -0.355 e. The highest BCUT2D eigenvalue weighted by atomic mass is 35.5. The predicted octanol–water partition coefficient (Wildman–Crippen LogP) is 2.69. The molecule has 1 N–H and O–H groups in total. The lowest BCUT2D eigenvalue weighted by molar-refractivity contribution is 0.436. The van der Waals surface area contributed by atoms with Crippen molar-refractivity contribution in [3.63, 3.8) is 0 Å². The molecule has 1 aromatic heterocycles. The van der Waals surface area contributed by atoms with Gasteiger partial charge in [-0.25, -0.2) is 4.98 Å². The van der Waals surface area contributed by atoms with Crippen LogP contribution >= 0.6 is 11.6 Å². The normalized spacial score (nSPS) is 17.5. The summed E-state index contributed by atoms with van der Waals surface area (Å²) in [6, 6.07) is 2.01. The van der Waals surface area contributed by atoms with E-state index < -0.39 is 0 Å². The molecule has 0 radical (unpaired) electrons. The molecular formula is C13H20ClN3. The Balaban J connectivity index is 2.10. The molecule has 2 rings (SSSR count). The van der Waals surface area contributed by atoms with Gasteiger partial charge >= 0.3 is 0 Å². The Hall–Kier alpha value is -0.800. The summed E-state index contributed by atoms with van der Waals surface area (Å²) in [4.78, 5) is 6.80. The fourth-order valence-electron chi connectivity index (χ4n) is 2.22. The van der Waals surface area contributed by atoms with Crippen LogP contribution in [0, 0.1) is 5.92 Å². The monoisotopic (exact) mass is 253 g/mol. The zero-order chi connectivity index (χ0) is 12.3. The quantitative estimate of drug-likeness (QED) is 0.898. The van der Waals surface area contributed by atoms with E-state index in [4.69, 9.17) is 11.6 Å². The van der Waals surface area contributed by atoms with Crippen LogP contribution in [0.15, 0.2) is 12.3 Å². The fraction of sp³-hybridized carbons (Fsp3) is 0.615. The molecule has 0 aromatic carbocycles. The number of hydrogen-bond acceptors (Lipinski definition) is 3. The van der Waals surface area contributed by atoms with Crippen molar-refractivity contribution in [2.45, 2.75) is 26.3 Å². The van der Waals surface area contributed by atoms with Gasteiger partial charge in [0.15, 0.2) is 0 Å². The second-order valence-corrected chi connectivity index (χ2v) is 5.26. The third-order valence-electron chi connectivity index (χ3n) is 3.34. The van der Waals surface area contributed by atoms with Crippen LogP contribution in [0.1, 0.15) is 25.3 Å². The van der Waals surface area contributed by atoms with E-state index >= 15 is 0 Å². The van der Waals surface area contributed by atoms with Crippen molar-refractivity contribution in [1.82, 2.24) is 10.3 Å². The van der Waals surface area contributed by atoms with Crippen molar-refractivity contribution in [3.05, 3.63) is 22.8 Å². The summed E-state index contributed by atoms with van der Waals surface area (Å²) in [7, 11) is 1.92. The van der Waals surface area contributed by atoms with Crippen molar-refractivity contribution in [1.29, 1.82) is 0 Å². The molecule has 0 unspecified atom stereocenters. The zero-order valence-corrected chi connectivity index (χ0v) is 11.3. The van der Waals surface area contributed by atoms with Gasteiger partial charge in [-0.1, -0.05) is 18.5 Å².